The van der Waals surface area contributed by atoms with E-state index in [1.165, 1.54) is 31.5 Å². The van der Waals surface area contributed by atoms with Crippen LogP contribution in [-0.2, 0) is 0 Å². The maximum Gasteiger partial charge on any atom is 0.00200 e. The van der Waals surface area contributed by atoms with Crippen LogP contribution in [0.15, 0.2) is 12.2 Å². The number of nitrogens with one attached hydrogen (secondary N) is 1. The Morgan fingerprint density at radius 3 is 3.11 bits per heavy atom. The number of fused-ring (bicyclic) bond motifs is 1. The van der Waals surface area contributed by atoms with Gasteiger partial charge in [0.1, 0.15) is 0 Å². The van der Waals surface area contributed by atoms with E-state index in [2.05, 4.69) is 11.9 Å². The molecule has 1 heterocycles. The standard InChI is InChI=1S/C8H13N/c1-6-2-3-7-4-9-5-8(6)7/h7-9H,1-5H2/t7-,8-/m0/s1. The van der Waals surface area contributed by atoms with E-state index in [4.69, 9.17) is 0 Å². The lowest BCUT2D eigenvalue weighted by molar-refractivity contribution is 0.528. The van der Waals surface area contributed by atoms with E-state index < -0.39 is 0 Å². The smallest absolute Gasteiger partial charge is 0.00200 e. The average molecular weight is 123 g/mol. The molecule has 1 saturated heterocycles. The van der Waals surface area contributed by atoms with Crippen LogP contribution in [0, 0.1) is 11.8 Å². The number of rotatable bonds is 0. The Balaban J connectivity index is 2.15. The van der Waals surface area contributed by atoms with Gasteiger partial charge in [0.15, 0.2) is 0 Å². The van der Waals surface area contributed by atoms with Crippen LogP contribution >= 0.6 is 0 Å². The van der Waals surface area contributed by atoms with Gasteiger partial charge in [-0.3, -0.25) is 0 Å². The second-order valence-corrected chi connectivity index (χ2v) is 3.22. The fourth-order valence-corrected chi connectivity index (χ4v) is 2.07. The van der Waals surface area contributed by atoms with E-state index in [9.17, 15) is 0 Å². The Bertz CT molecular complexity index is 140. The Morgan fingerprint density at radius 1 is 1.44 bits per heavy atom. The molecule has 0 radical (unpaired) electrons. The molecule has 9 heavy (non-hydrogen) atoms. The first-order valence-electron chi connectivity index (χ1n) is 3.76. The Hall–Kier alpha value is -0.300. The molecule has 50 valence electrons. The molecule has 0 bridgehead atoms. The minimum Gasteiger partial charge on any atom is -0.316 e. The average Bonchev–Trinajstić information content (AvgIpc) is 2.35. The summed E-state index contributed by atoms with van der Waals surface area (Å²) in [5.74, 6) is 1.78. The van der Waals surface area contributed by atoms with Gasteiger partial charge in [0.05, 0.1) is 0 Å². The highest BCUT2D eigenvalue weighted by Crippen LogP contribution is 2.37. The first kappa shape index (κ1) is 5.48. The lowest BCUT2D eigenvalue weighted by Crippen LogP contribution is -2.09. The van der Waals surface area contributed by atoms with Crippen LogP contribution in [0.2, 0.25) is 0 Å². The second kappa shape index (κ2) is 1.84. The zero-order valence-electron chi connectivity index (χ0n) is 5.69. The third-order valence-corrected chi connectivity index (χ3v) is 2.70. The second-order valence-electron chi connectivity index (χ2n) is 3.22. The van der Waals surface area contributed by atoms with Crippen molar-refractivity contribution < 1.29 is 0 Å². The highest BCUT2D eigenvalue weighted by Gasteiger charge is 2.33. The van der Waals surface area contributed by atoms with Gasteiger partial charge >= 0.3 is 0 Å². The van der Waals surface area contributed by atoms with Crippen molar-refractivity contribution in [2.75, 3.05) is 13.1 Å². The summed E-state index contributed by atoms with van der Waals surface area (Å²) < 4.78 is 0. The van der Waals surface area contributed by atoms with Crippen LogP contribution in [0.1, 0.15) is 12.8 Å². The van der Waals surface area contributed by atoms with Crippen molar-refractivity contribution in [2.45, 2.75) is 12.8 Å². The lowest BCUT2D eigenvalue weighted by Gasteiger charge is -2.05. The summed E-state index contributed by atoms with van der Waals surface area (Å²) in [7, 11) is 0. The number of hydrogen-bond donors (Lipinski definition) is 1. The summed E-state index contributed by atoms with van der Waals surface area (Å²) in [5.41, 5.74) is 1.49. The van der Waals surface area contributed by atoms with Crippen molar-refractivity contribution in [1.29, 1.82) is 0 Å². The summed E-state index contributed by atoms with van der Waals surface area (Å²) in [4.78, 5) is 0. The summed E-state index contributed by atoms with van der Waals surface area (Å²) in [5, 5.41) is 3.39. The van der Waals surface area contributed by atoms with Crippen LogP contribution in [0.5, 0.6) is 0 Å². The van der Waals surface area contributed by atoms with Crippen molar-refractivity contribution in [3.8, 4) is 0 Å². The molecule has 2 fully saturated rings. The van der Waals surface area contributed by atoms with Gasteiger partial charge in [-0.25, -0.2) is 0 Å². The molecule has 1 aliphatic carbocycles. The Labute approximate surface area is 56.1 Å². The van der Waals surface area contributed by atoms with Crippen LogP contribution in [0.3, 0.4) is 0 Å². The van der Waals surface area contributed by atoms with E-state index in [0.29, 0.717) is 0 Å². The highest BCUT2D eigenvalue weighted by atomic mass is 14.9. The summed E-state index contributed by atoms with van der Waals surface area (Å²) >= 11 is 0. The molecule has 0 spiro atoms. The molecule has 0 unspecified atom stereocenters. The van der Waals surface area contributed by atoms with Gasteiger partial charge in [0.2, 0.25) is 0 Å². The molecule has 1 saturated carbocycles. The number of hydrogen-bond acceptors (Lipinski definition) is 1. The van der Waals surface area contributed by atoms with E-state index in [0.717, 1.165) is 11.8 Å². The molecule has 2 rings (SSSR count). The van der Waals surface area contributed by atoms with Gasteiger partial charge in [-0.2, -0.15) is 0 Å². The first-order valence-corrected chi connectivity index (χ1v) is 3.76. The van der Waals surface area contributed by atoms with Crippen molar-refractivity contribution >= 4 is 0 Å². The minimum atomic E-state index is 0.838. The molecule has 0 aromatic carbocycles. The van der Waals surface area contributed by atoms with E-state index in [1.54, 1.807) is 0 Å². The molecular weight excluding hydrogens is 110 g/mol. The summed E-state index contributed by atoms with van der Waals surface area (Å²) in [6.45, 7) is 6.49. The minimum absolute atomic E-state index is 0.838. The summed E-state index contributed by atoms with van der Waals surface area (Å²) in [6.07, 6.45) is 2.67. The van der Waals surface area contributed by atoms with Gasteiger partial charge in [0.25, 0.3) is 0 Å². The van der Waals surface area contributed by atoms with Gasteiger partial charge in [-0.15, -0.1) is 0 Å². The van der Waals surface area contributed by atoms with Crippen LogP contribution in [0.25, 0.3) is 0 Å². The maximum atomic E-state index is 4.06. The maximum absolute atomic E-state index is 4.06. The molecule has 2 aliphatic rings. The predicted octanol–water partition coefficient (Wildman–Crippen LogP) is 1.17. The largest absolute Gasteiger partial charge is 0.316 e. The molecule has 1 nitrogen and oxygen atoms in total. The molecular formula is C8H13N. The van der Waals surface area contributed by atoms with E-state index >= 15 is 0 Å². The zero-order valence-corrected chi connectivity index (χ0v) is 5.69. The molecule has 1 aliphatic heterocycles. The molecule has 0 amide bonds. The topological polar surface area (TPSA) is 12.0 Å². The van der Waals surface area contributed by atoms with Crippen LogP contribution < -0.4 is 5.32 Å². The highest BCUT2D eigenvalue weighted by molar-refractivity contribution is 5.12. The molecule has 1 N–H and O–H groups in total. The van der Waals surface area contributed by atoms with Crippen molar-refractivity contribution in [3.63, 3.8) is 0 Å². The predicted molar refractivity (Wildman–Crippen MR) is 38.2 cm³/mol. The summed E-state index contributed by atoms with van der Waals surface area (Å²) in [6, 6.07) is 0. The fraction of sp³-hybridized carbons (Fsp3) is 0.750. The fourth-order valence-electron chi connectivity index (χ4n) is 2.07. The monoisotopic (exact) mass is 123 g/mol. The van der Waals surface area contributed by atoms with Crippen molar-refractivity contribution in [3.05, 3.63) is 12.2 Å². The molecule has 2 atom stereocenters. The lowest BCUT2D eigenvalue weighted by atomic mass is 9.98. The first-order chi connectivity index (χ1) is 4.38. The van der Waals surface area contributed by atoms with E-state index in [1.807, 2.05) is 0 Å². The third-order valence-electron chi connectivity index (χ3n) is 2.70. The Morgan fingerprint density at radius 2 is 2.33 bits per heavy atom. The normalized spacial score (nSPS) is 41.6. The van der Waals surface area contributed by atoms with Gasteiger partial charge in [-0.1, -0.05) is 12.2 Å². The van der Waals surface area contributed by atoms with Crippen molar-refractivity contribution in [2.24, 2.45) is 11.8 Å². The van der Waals surface area contributed by atoms with Gasteiger partial charge in [0, 0.05) is 6.54 Å². The molecule has 0 aromatic heterocycles. The third kappa shape index (κ3) is 0.715. The zero-order chi connectivity index (χ0) is 6.27. The SMILES string of the molecule is C=C1CC[C@H]2CNC[C@@H]12. The van der Waals surface area contributed by atoms with Crippen LogP contribution in [-0.4, -0.2) is 13.1 Å². The Kier molecular flexibility index (Phi) is 1.12. The van der Waals surface area contributed by atoms with Crippen LogP contribution in [0.4, 0.5) is 0 Å². The molecule has 1 heteroatoms. The van der Waals surface area contributed by atoms with Gasteiger partial charge < -0.3 is 5.32 Å². The van der Waals surface area contributed by atoms with E-state index in [-0.39, 0.29) is 0 Å². The van der Waals surface area contributed by atoms with Crippen molar-refractivity contribution in [1.82, 2.24) is 5.32 Å². The van der Waals surface area contributed by atoms with Gasteiger partial charge in [-0.05, 0) is 31.2 Å². The molecule has 0 aromatic rings. The quantitative estimate of drug-likeness (QED) is 0.477.